The lowest BCUT2D eigenvalue weighted by Crippen LogP contribution is -2.30. The first-order chi connectivity index (χ1) is 13.9. The lowest BCUT2D eigenvalue weighted by atomic mass is 10.1. The number of benzene rings is 2. The van der Waals surface area contributed by atoms with Crippen LogP contribution in [-0.2, 0) is 21.2 Å². The van der Waals surface area contributed by atoms with E-state index in [0.717, 1.165) is 16.2 Å². The van der Waals surface area contributed by atoms with Gasteiger partial charge in [-0.3, -0.25) is 4.79 Å². The molecule has 0 saturated carbocycles. The van der Waals surface area contributed by atoms with Crippen LogP contribution in [0.4, 0.5) is 0 Å². The lowest BCUT2D eigenvalue weighted by Gasteiger charge is -2.18. The molecule has 2 aromatic rings. The molecule has 0 bridgehead atoms. The fourth-order valence-electron chi connectivity index (χ4n) is 2.78. The van der Waals surface area contributed by atoms with E-state index in [1.54, 1.807) is 36.0 Å². The molecule has 0 aliphatic heterocycles. The largest absolute Gasteiger partial charge is 0.355 e. The number of carbonyl (C=O) groups is 1. The Morgan fingerprint density at radius 2 is 1.66 bits per heavy atom. The first kappa shape index (κ1) is 23.7. The Hall–Kier alpha value is -1.54. The van der Waals surface area contributed by atoms with Crippen LogP contribution in [0.5, 0.6) is 0 Å². The van der Waals surface area contributed by atoms with E-state index < -0.39 is 10.0 Å². The van der Waals surface area contributed by atoms with Gasteiger partial charge in [-0.2, -0.15) is 4.31 Å². The number of rotatable bonds is 11. The van der Waals surface area contributed by atoms with E-state index in [1.807, 2.05) is 38.1 Å². The summed E-state index contributed by atoms with van der Waals surface area (Å²) in [6, 6.07) is 14.4. The Morgan fingerprint density at radius 1 is 1.03 bits per heavy atom. The Balaban J connectivity index is 1.75. The van der Waals surface area contributed by atoms with Gasteiger partial charge >= 0.3 is 0 Å². The molecule has 29 heavy (non-hydrogen) atoms. The predicted molar refractivity (Wildman–Crippen MR) is 120 cm³/mol. The maximum absolute atomic E-state index is 12.5. The van der Waals surface area contributed by atoms with Gasteiger partial charge in [-0.15, -0.1) is 11.8 Å². The van der Waals surface area contributed by atoms with Crippen molar-refractivity contribution in [3.63, 3.8) is 0 Å². The van der Waals surface area contributed by atoms with Crippen molar-refractivity contribution in [2.24, 2.45) is 0 Å². The van der Waals surface area contributed by atoms with Crippen LogP contribution in [0.1, 0.15) is 25.8 Å². The molecular weight excluding hydrogens is 428 g/mol. The third-order valence-electron chi connectivity index (χ3n) is 4.41. The quantitative estimate of drug-likeness (QED) is 0.408. The van der Waals surface area contributed by atoms with Gasteiger partial charge in [0.05, 0.1) is 4.90 Å². The van der Waals surface area contributed by atoms with Gasteiger partial charge < -0.3 is 5.32 Å². The van der Waals surface area contributed by atoms with E-state index in [9.17, 15) is 13.2 Å². The summed E-state index contributed by atoms with van der Waals surface area (Å²) in [6.07, 6.45) is 0.940. The van der Waals surface area contributed by atoms with E-state index in [-0.39, 0.29) is 10.8 Å². The first-order valence-corrected chi connectivity index (χ1v) is 12.4. The number of nitrogens with one attached hydrogen (secondary N) is 1. The van der Waals surface area contributed by atoms with Crippen molar-refractivity contribution in [1.82, 2.24) is 9.62 Å². The zero-order valence-electron chi connectivity index (χ0n) is 16.7. The van der Waals surface area contributed by atoms with Crippen LogP contribution in [0.25, 0.3) is 0 Å². The van der Waals surface area contributed by atoms with Crippen LogP contribution < -0.4 is 5.32 Å². The van der Waals surface area contributed by atoms with Crippen molar-refractivity contribution in [3.8, 4) is 0 Å². The number of nitrogens with zero attached hydrogens (tertiary/aromatic N) is 1. The average molecular weight is 455 g/mol. The molecule has 1 amide bonds. The molecule has 158 valence electrons. The Morgan fingerprint density at radius 3 is 2.24 bits per heavy atom. The number of aryl methyl sites for hydroxylation is 1. The molecule has 8 heteroatoms. The molecule has 0 aromatic heterocycles. The molecule has 0 radical (unpaired) electrons. The molecule has 2 aromatic carbocycles. The van der Waals surface area contributed by atoms with Gasteiger partial charge in [0.1, 0.15) is 0 Å². The van der Waals surface area contributed by atoms with E-state index in [4.69, 9.17) is 11.6 Å². The standard InChI is InChI=1S/C21H27ClN2O3S2/c1-3-24(4-2)29(26,27)20-12-5-17(6-13-20)7-14-21(25)23-15-16-28-19-10-8-18(22)9-11-19/h5-6,8-13H,3-4,7,14-16H2,1-2H3,(H,23,25). The minimum Gasteiger partial charge on any atom is -0.355 e. The molecule has 2 rings (SSSR count). The molecule has 1 N–H and O–H groups in total. The van der Waals surface area contributed by atoms with E-state index >= 15 is 0 Å². The normalized spacial score (nSPS) is 11.6. The zero-order chi connectivity index (χ0) is 21.3. The SMILES string of the molecule is CCN(CC)S(=O)(=O)c1ccc(CCC(=O)NCCSc2ccc(Cl)cc2)cc1. The summed E-state index contributed by atoms with van der Waals surface area (Å²) in [5.41, 5.74) is 0.939. The van der Waals surface area contributed by atoms with Crippen LogP contribution in [-0.4, -0.2) is 44.0 Å². The average Bonchev–Trinajstić information content (AvgIpc) is 2.72. The third-order valence-corrected chi connectivity index (χ3v) is 7.74. The molecule has 0 aliphatic rings. The highest BCUT2D eigenvalue weighted by Crippen LogP contribution is 2.20. The molecule has 0 heterocycles. The smallest absolute Gasteiger partial charge is 0.243 e. The highest BCUT2D eigenvalue weighted by Gasteiger charge is 2.21. The second-order valence-corrected chi connectivity index (χ2v) is 9.93. The molecule has 0 saturated heterocycles. The number of amides is 1. The molecule has 0 unspecified atom stereocenters. The predicted octanol–water partition coefficient (Wildman–Crippen LogP) is 4.21. The number of hydrogen-bond acceptors (Lipinski definition) is 4. The lowest BCUT2D eigenvalue weighted by molar-refractivity contribution is -0.120. The van der Waals surface area contributed by atoms with Crippen LogP contribution >= 0.6 is 23.4 Å². The van der Waals surface area contributed by atoms with Crippen molar-refractivity contribution in [3.05, 3.63) is 59.1 Å². The number of halogens is 1. The van der Waals surface area contributed by atoms with Crippen molar-refractivity contribution in [2.45, 2.75) is 36.5 Å². The molecule has 0 aliphatic carbocycles. The van der Waals surface area contributed by atoms with Crippen molar-refractivity contribution in [1.29, 1.82) is 0 Å². The molecule has 0 spiro atoms. The minimum atomic E-state index is -3.45. The van der Waals surface area contributed by atoms with E-state index in [1.165, 1.54) is 4.31 Å². The summed E-state index contributed by atoms with van der Waals surface area (Å²) in [4.78, 5) is 13.4. The van der Waals surface area contributed by atoms with E-state index in [2.05, 4.69) is 5.32 Å². The molecule has 5 nitrogen and oxygen atoms in total. The summed E-state index contributed by atoms with van der Waals surface area (Å²) >= 11 is 7.52. The van der Waals surface area contributed by atoms with E-state index in [0.29, 0.717) is 37.5 Å². The topological polar surface area (TPSA) is 66.5 Å². The van der Waals surface area contributed by atoms with Gasteiger partial charge in [-0.1, -0.05) is 37.6 Å². The Labute approximate surface area is 182 Å². The van der Waals surface area contributed by atoms with Gasteiger partial charge in [0.15, 0.2) is 0 Å². The van der Waals surface area contributed by atoms with Crippen LogP contribution in [0, 0.1) is 0 Å². The van der Waals surface area contributed by atoms with Gasteiger partial charge in [-0.05, 0) is 48.4 Å². The maximum Gasteiger partial charge on any atom is 0.243 e. The maximum atomic E-state index is 12.5. The summed E-state index contributed by atoms with van der Waals surface area (Å²) in [5.74, 6) is 0.771. The molecule has 0 atom stereocenters. The summed E-state index contributed by atoms with van der Waals surface area (Å²) in [5, 5.41) is 3.62. The van der Waals surface area contributed by atoms with Crippen LogP contribution in [0.3, 0.4) is 0 Å². The number of thioether (sulfide) groups is 1. The Kier molecular flexibility index (Phi) is 9.49. The van der Waals surface area contributed by atoms with Crippen LogP contribution in [0.15, 0.2) is 58.3 Å². The van der Waals surface area contributed by atoms with Gasteiger partial charge in [-0.25, -0.2) is 8.42 Å². The minimum absolute atomic E-state index is 0.0125. The number of carbonyl (C=O) groups excluding carboxylic acids is 1. The first-order valence-electron chi connectivity index (χ1n) is 9.61. The number of sulfonamides is 1. The van der Waals surface area contributed by atoms with Gasteiger partial charge in [0.2, 0.25) is 15.9 Å². The monoisotopic (exact) mass is 454 g/mol. The van der Waals surface area contributed by atoms with Crippen LogP contribution in [0.2, 0.25) is 5.02 Å². The molecule has 0 fully saturated rings. The van der Waals surface area contributed by atoms with Crippen molar-refractivity contribution >= 4 is 39.3 Å². The summed E-state index contributed by atoms with van der Waals surface area (Å²) in [6.45, 7) is 5.12. The van der Waals surface area contributed by atoms with Gasteiger partial charge in [0.25, 0.3) is 0 Å². The second-order valence-electron chi connectivity index (χ2n) is 6.39. The highest BCUT2D eigenvalue weighted by molar-refractivity contribution is 7.99. The zero-order valence-corrected chi connectivity index (χ0v) is 19.1. The summed E-state index contributed by atoms with van der Waals surface area (Å²) < 4.78 is 26.4. The second kappa shape index (κ2) is 11.6. The van der Waals surface area contributed by atoms with Crippen molar-refractivity contribution < 1.29 is 13.2 Å². The van der Waals surface area contributed by atoms with Crippen molar-refractivity contribution in [2.75, 3.05) is 25.4 Å². The van der Waals surface area contributed by atoms with Gasteiger partial charge in [0, 0.05) is 41.7 Å². The molecular formula is C21H27ClN2O3S2. The number of hydrogen-bond donors (Lipinski definition) is 1. The highest BCUT2D eigenvalue weighted by atomic mass is 35.5. The Bertz CT molecular complexity index is 881. The fraction of sp³-hybridized carbons (Fsp3) is 0.381. The fourth-order valence-corrected chi connectivity index (χ4v) is 5.13. The summed E-state index contributed by atoms with van der Waals surface area (Å²) in [7, 11) is -3.45. The third kappa shape index (κ3) is 7.33.